The van der Waals surface area contributed by atoms with Crippen molar-refractivity contribution >= 4 is 5.91 Å². The molecule has 0 aromatic rings. The molecule has 1 heterocycles. The summed E-state index contributed by atoms with van der Waals surface area (Å²) in [6.45, 7) is 9.72. The number of nitrogens with two attached hydrogens (primary N) is 1. The molecule has 1 saturated heterocycles. The number of hydrogen-bond donors (Lipinski definition) is 2. The second kappa shape index (κ2) is 5.41. The molecular weight excluding hydrogens is 238 g/mol. The first-order valence-electron chi connectivity index (χ1n) is 7.69. The highest BCUT2D eigenvalue weighted by Crippen LogP contribution is 2.32. The third-order valence-electron chi connectivity index (χ3n) is 4.87. The van der Waals surface area contributed by atoms with Gasteiger partial charge in [-0.25, -0.2) is 0 Å². The monoisotopic (exact) mass is 267 g/mol. The zero-order valence-corrected chi connectivity index (χ0v) is 12.7. The number of nitrogens with one attached hydrogen (secondary N) is 1. The lowest BCUT2D eigenvalue weighted by Gasteiger charge is -2.43. The molecule has 110 valence electrons. The molecule has 1 aliphatic carbocycles. The molecule has 2 aliphatic rings. The fraction of sp³-hybridized carbons (Fsp3) is 0.933. The molecule has 0 spiro atoms. The molecule has 2 rings (SSSR count). The molecule has 0 aromatic heterocycles. The van der Waals surface area contributed by atoms with Crippen LogP contribution in [0.25, 0.3) is 0 Å². The highest BCUT2D eigenvalue weighted by Gasteiger charge is 2.46. The van der Waals surface area contributed by atoms with E-state index >= 15 is 0 Å². The number of amides is 1. The van der Waals surface area contributed by atoms with E-state index in [4.69, 9.17) is 5.73 Å². The second-order valence-corrected chi connectivity index (χ2v) is 7.01. The normalized spacial score (nSPS) is 27.1. The van der Waals surface area contributed by atoms with E-state index in [1.54, 1.807) is 0 Å². The molecule has 1 saturated carbocycles. The number of carbonyl (C=O) groups is 1. The Morgan fingerprint density at radius 1 is 1.47 bits per heavy atom. The van der Waals surface area contributed by atoms with E-state index in [-0.39, 0.29) is 11.4 Å². The largest absolute Gasteiger partial charge is 0.353 e. The summed E-state index contributed by atoms with van der Waals surface area (Å²) in [4.78, 5) is 14.5. The van der Waals surface area contributed by atoms with Crippen LogP contribution in [0, 0.1) is 5.92 Å². The van der Waals surface area contributed by atoms with Gasteiger partial charge in [0, 0.05) is 18.6 Å². The van der Waals surface area contributed by atoms with E-state index in [0.29, 0.717) is 6.54 Å². The number of nitrogens with zero attached hydrogens (tertiary/aromatic N) is 1. The molecule has 3 N–H and O–H groups in total. The van der Waals surface area contributed by atoms with Crippen LogP contribution in [-0.2, 0) is 4.79 Å². The summed E-state index contributed by atoms with van der Waals surface area (Å²) in [6, 6.07) is 0. The number of piperidine rings is 1. The average Bonchev–Trinajstić information content (AvgIpc) is 3.15. The summed E-state index contributed by atoms with van der Waals surface area (Å²) in [5.74, 6) is 0.845. The fourth-order valence-electron chi connectivity index (χ4n) is 2.89. The molecule has 0 radical (unpaired) electrons. The Bertz CT molecular complexity index is 336. The van der Waals surface area contributed by atoms with Gasteiger partial charge in [-0.3, -0.25) is 9.69 Å². The van der Waals surface area contributed by atoms with Crippen LogP contribution >= 0.6 is 0 Å². The minimum absolute atomic E-state index is 0.0226. The van der Waals surface area contributed by atoms with Gasteiger partial charge in [0.25, 0.3) is 0 Å². The summed E-state index contributed by atoms with van der Waals surface area (Å²) in [7, 11) is 0. The van der Waals surface area contributed by atoms with Crippen molar-refractivity contribution in [2.45, 2.75) is 64.0 Å². The maximum absolute atomic E-state index is 11.9. The van der Waals surface area contributed by atoms with Crippen molar-refractivity contribution in [1.29, 1.82) is 0 Å². The van der Waals surface area contributed by atoms with E-state index in [1.807, 2.05) is 0 Å². The zero-order valence-electron chi connectivity index (χ0n) is 12.7. The van der Waals surface area contributed by atoms with E-state index in [0.717, 1.165) is 31.8 Å². The average molecular weight is 267 g/mol. The number of likely N-dealkylation sites (tertiary alicyclic amines) is 1. The third-order valence-corrected chi connectivity index (χ3v) is 4.87. The number of rotatable bonds is 5. The lowest BCUT2D eigenvalue weighted by molar-refractivity contribution is -0.123. The van der Waals surface area contributed by atoms with Crippen molar-refractivity contribution in [2.24, 2.45) is 11.7 Å². The minimum atomic E-state index is -0.552. The molecule has 1 amide bonds. The quantitative estimate of drug-likeness (QED) is 0.793. The molecule has 0 bridgehead atoms. The molecule has 1 atom stereocenters. The second-order valence-electron chi connectivity index (χ2n) is 7.01. The van der Waals surface area contributed by atoms with Crippen LogP contribution in [0.2, 0.25) is 0 Å². The topological polar surface area (TPSA) is 58.4 Å². The fourth-order valence-corrected chi connectivity index (χ4v) is 2.89. The Hall–Kier alpha value is -0.610. The molecule has 19 heavy (non-hydrogen) atoms. The Morgan fingerprint density at radius 2 is 2.16 bits per heavy atom. The van der Waals surface area contributed by atoms with E-state index in [9.17, 15) is 4.79 Å². The van der Waals surface area contributed by atoms with Gasteiger partial charge in [0.1, 0.15) is 0 Å². The van der Waals surface area contributed by atoms with Crippen molar-refractivity contribution in [3.63, 3.8) is 0 Å². The van der Waals surface area contributed by atoms with Crippen molar-refractivity contribution in [1.82, 2.24) is 10.2 Å². The zero-order chi connectivity index (χ0) is 14.1. The van der Waals surface area contributed by atoms with Crippen molar-refractivity contribution in [2.75, 3.05) is 19.6 Å². The lowest BCUT2D eigenvalue weighted by Crippen LogP contribution is -2.56. The molecule has 2 fully saturated rings. The molecular formula is C15H29N3O. The molecule has 1 aliphatic heterocycles. The van der Waals surface area contributed by atoms with E-state index in [1.165, 1.54) is 19.3 Å². The van der Waals surface area contributed by atoms with Gasteiger partial charge in [-0.05, 0) is 52.0 Å². The van der Waals surface area contributed by atoms with Gasteiger partial charge >= 0.3 is 0 Å². The van der Waals surface area contributed by atoms with Crippen molar-refractivity contribution < 1.29 is 4.79 Å². The third kappa shape index (κ3) is 3.48. The van der Waals surface area contributed by atoms with Crippen LogP contribution in [-0.4, -0.2) is 41.5 Å². The first-order valence-corrected chi connectivity index (χ1v) is 7.69. The van der Waals surface area contributed by atoms with E-state index < -0.39 is 5.54 Å². The van der Waals surface area contributed by atoms with Gasteiger partial charge in [-0.1, -0.05) is 13.3 Å². The van der Waals surface area contributed by atoms with Crippen LogP contribution in [0.1, 0.15) is 52.9 Å². The van der Waals surface area contributed by atoms with Gasteiger partial charge in [0.05, 0.1) is 5.54 Å². The van der Waals surface area contributed by atoms with Gasteiger partial charge in [0.2, 0.25) is 5.91 Å². The summed E-state index contributed by atoms with van der Waals surface area (Å²) >= 11 is 0. The Morgan fingerprint density at radius 3 is 2.74 bits per heavy atom. The predicted molar refractivity (Wildman–Crippen MR) is 77.8 cm³/mol. The summed E-state index contributed by atoms with van der Waals surface area (Å²) < 4.78 is 0. The summed E-state index contributed by atoms with van der Waals surface area (Å²) in [6.07, 6.45) is 5.55. The van der Waals surface area contributed by atoms with E-state index in [2.05, 4.69) is 31.0 Å². The van der Waals surface area contributed by atoms with Crippen LogP contribution < -0.4 is 11.1 Å². The van der Waals surface area contributed by atoms with Gasteiger partial charge < -0.3 is 11.1 Å². The van der Waals surface area contributed by atoms with Crippen LogP contribution in [0.3, 0.4) is 0 Å². The summed E-state index contributed by atoms with van der Waals surface area (Å²) in [5.41, 5.74) is 5.39. The SMILES string of the molecule is CCC1CCCN(C(C)(C)CNC(=O)C2(N)CC2)C1. The van der Waals surface area contributed by atoms with Crippen molar-refractivity contribution in [3.05, 3.63) is 0 Å². The summed E-state index contributed by atoms with van der Waals surface area (Å²) in [5, 5.41) is 3.05. The maximum atomic E-state index is 11.9. The highest BCUT2D eigenvalue weighted by atomic mass is 16.2. The molecule has 4 heteroatoms. The Kier molecular flexibility index (Phi) is 4.21. The first kappa shape index (κ1) is 14.8. The highest BCUT2D eigenvalue weighted by molar-refractivity contribution is 5.89. The Balaban J connectivity index is 1.84. The number of carbonyl (C=O) groups excluding carboxylic acids is 1. The standard InChI is InChI=1S/C15H29N3O/c1-4-12-6-5-9-18(10-12)14(2,3)11-17-13(19)15(16)7-8-15/h12H,4-11,16H2,1-3H3,(H,17,19). The number of hydrogen-bond acceptors (Lipinski definition) is 3. The smallest absolute Gasteiger partial charge is 0.240 e. The maximum Gasteiger partial charge on any atom is 0.240 e. The lowest BCUT2D eigenvalue weighted by atomic mass is 9.91. The molecule has 4 nitrogen and oxygen atoms in total. The van der Waals surface area contributed by atoms with Crippen LogP contribution in [0.4, 0.5) is 0 Å². The van der Waals surface area contributed by atoms with Gasteiger partial charge in [-0.15, -0.1) is 0 Å². The molecule has 0 aromatic carbocycles. The predicted octanol–water partition coefficient (Wildman–Crippen LogP) is 1.49. The first-order chi connectivity index (χ1) is 8.87. The Labute approximate surface area is 117 Å². The minimum Gasteiger partial charge on any atom is -0.353 e. The van der Waals surface area contributed by atoms with Crippen LogP contribution in [0.15, 0.2) is 0 Å². The van der Waals surface area contributed by atoms with Crippen LogP contribution in [0.5, 0.6) is 0 Å². The van der Waals surface area contributed by atoms with Gasteiger partial charge in [0.15, 0.2) is 0 Å². The van der Waals surface area contributed by atoms with Crippen molar-refractivity contribution in [3.8, 4) is 0 Å². The van der Waals surface area contributed by atoms with Gasteiger partial charge in [-0.2, -0.15) is 0 Å². The molecule has 1 unspecified atom stereocenters.